The number of hydrogen-bond donors (Lipinski definition) is 2. The number of hydrogen-bond acceptors (Lipinski definition) is 10. The Bertz CT molecular complexity index is 2590. The number of methoxy groups -OCH3 is 1. The van der Waals surface area contributed by atoms with Gasteiger partial charge in [0.15, 0.2) is 0 Å². The van der Waals surface area contributed by atoms with Crippen LogP contribution in [0.4, 0.5) is 0 Å². The molecule has 0 radical (unpaired) electrons. The van der Waals surface area contributed by atoms with E-state index in [-0.39, 0.29) is 37.3 Å². The maximum Gasteiger partial charge on any atom is 0.324 e. The summed E-state index contributed by atoms with van der Waals surface area (Å²) in [5.41, 5.74) is 10.5. The molecule has 6 bridgehead atoms. The molecule has 5 heterocycles. The molecule has 4 atom stereocenters. The number of aromatic nitrogens is 2. The first-order valence-corrected chi connectivity index (χ1v) is 23.9. The molecule has 15 nitrogen and oxygen atoms in total. The lowest BCUT2D eigenvalue weighted by molar-refractivity contribution is -0.155. The molecule has 15 heteroatoms. The lowest BCUT2D eigenvalue weighted by Gasteiger charge is -2.37. The Morgan fingerprint density at radius 3 is 2.54 bits per heavy atom. The molecule has 3 aliphatic heterocycles. The second-order valence-electron chi connectivity index (χ2n) is 19.9. The van der Waals surface area contributed by atoms with E-state index in [1.807, 2.05) is 51.0 Å². The monoisotopic (exact) mass is 929 g/mol. The molecule has 2 fully saturated rings. The third-order valence-corrected chi connectivity index (χ3v) is 13.3. The number of esters is 1. The zero-order valence-electron chi connectivity index (χ0n) is 41.2. The zero-order chi connectivity index (χ0) is 48.9. The molecule has 2 N–H and O–H groups in total. The third-order valence-electron chi connectivity index (χ3n) is 13.3. The molecule has 2 saturated heterocycles. The normalized spacial score (nSPS) is 20.1. The summed E-state index contributed by atoms with van der Waals surface area (Å²) >= 11 is 0. The van der Waals surface area contributed by atoms with Gasteiger partial charge in [-0.2, -0.15) is 0 Å². The molecule has 1 unspecified atom stereocenters. The molecular formula is C53H68N8O7. The van der Waals surface area contributed by atoms with Gasteiger partial charge in [0.05, 0.1) is 37.1 Å². The quantitative estimate of drug-likeness (QED) is 0.162. The first-order chi connectivity index (χ1) is 32.5. The molecule has 2 aromatic carbocycles. The summed E-state index contributed by atoms with van der Waals surface area (Å²) in [6.45, 7) is 12.6. The number of carbonyl (C=O) groups is 5. The Kier molecular flexibility index (Phi) is 15.7. The summed E-state index contributed by atoms with van der Waals surface area (Å²) in [5, 5.41) is 5.58. The molecule has 3 aliphatic rings. The number of rotatable bonds is 10. The van der Waals surface area contributed by atoms with Gasteiger partial charge in [-0.1, -0.05) is 63.9 Å². The summed E-state index contributed by atoms with van der Waals surface area (Å²) in [4.78, 5) is 79.8. The van der Waals surface area contributed by atoms with Crippen molar-refractivity contribution in [3.8, 4) is 34.2 Å². The van der Waals surface area contributed by atoms with Crippen molar-refractivity contribution in [3.63, 3.8) is 0 Å². The number of amides is 4. The van der Waals surface area contributed by atoms with Crippen LogP contribution in [0.5, 0.6) is 0 Å². The van der Waals surface area contributed by atoms with E-state index in [9.17, 15) is 24.0 Å². The fourth-order valence-electron chi connectivity index (χ4n) is 9.94. The van der Waals surface area contributed by atoms with Gasteiger partial charge in [0.25, 0.3) is 11.8 Å². The number of likely N-dealkylation sites (tertiary alicyclic amines) is 1. The summed E-state index contributed by atoms with van der Waals surface area (Å²) in [6, 6.07) is 15.8. The van der Waals surface area contributed by atoms with Crippen LogP contribution in [0.1, 0.15) is 70.7 Å². The van der Waals surface area contributed by atoms with E-state index in [1.54, 1.807) is 25.3 Å². The van der Waals surface area contributed by atoms with Crippen molar-refractivity contribution >= 4 is 40.5 Å². The molecule has 0 saturated carbocycles. The number of fused-ring (bicyclic) bond motifs is 6. The van der Waals surface area contributed by atoms with Crippen molar-refractivity contribution in [2.45, 2.75) is 98.0 Å². The number of carbonyl (C=O) groups excluding carboxylic acids is 5. The van der Waals surface area contributed by atoms with Crippen LogP contribution in [0.15, 0.2) is 60.8 Å². The first-order valence-electron chi connectivity index (χ1n) is 23.9. The molecule has 7 rings (SSSR count). The van der Waals surface area contributed by atoms with Crippen molar-refractivity contribution in [1.29, 1.82) is 0 Å². The van der Waals surface area contributed by atoms with Gasteiger partial charge in [-0.3, -0.25) is 38.9 Å². The largest absolute Gasteiger partial charge is 0.464 e. The molecular weight excluding hydrogens is 861 g/mol. The lowest BCUT2D eigenvalue weighted by atomic mass is 9.84. The zero-order valence-corrected chi connectivity index (χ0v) is 41.2. The van der Waals surface area contributed by atoms with Gasteiger partial charge in [0.1, 0.15) is 18.1 Å². The number of nitrogens with zero attached hydrogens (tertiary/aromatic N) is 6. The van der Waals surface area contributed by atoms with Gasteiger partial charge in [0, 0.05) is 74.8 Å². The number of likely N-dealkylation sites (N-methyl/N-ethyl adjacent to an activating group) is 1. The van der Waals surface area contributed by atoms with Crippen molar-refractivity contribution in [1.82, 2.24) is 40.0 Å². The molecule has 2 aromatic heterocycles. The van der Waals surface area contributed by atoms with Gasteiger partial charge < -0.3 is 29.2 Å². The molecule has 0 aliphatic carbocycles. The molecule has 4 amide bonds. The third kappa shape index (κ3) is 11.1. The molecule has 4 aromatic rings. The van der Waals surface area contributed by atoms with E-state index in [0.29, 0.717) is 58.5 Å². The van der Waals surface area contributed by atoms with E-state index in [0.717, 1.165) is 50.1 Å². The van der Waals surface area contributed by atoms with Gasteiger partial charge in [0.2, 0.25) is 11.8 Å². The summed E-state index contributed by atoms with van der Waals surface area (Å²) in [5.74, 6) is 2.83. The number of pyridine rings is 1. The summed E-state index contributed by atoms with van der Waals surface area (Å²) in [7, 11) is 7.03. The van der Waals surface area contributed by atoms with Gasteiger partial charge in [-0.25, -0.2) is 5.43 Å². The van der Waals surface area contributed by atoms with Gasteiger partial charge >= 0.3 is 5.97 Å². The number of cyclic esters (lactones) is 1. The van der Waals surface area contributed by atoms with Gasteiger partial charge in [-0.15, -0.1) is 0 Å². The number of ether oxygens (including phenoxy) is 2. The van der Waals surface area contributed by atoms with Crippen LogP contribution < -0.4 is 10.7 Å². The summed E-state index contributed by atoms with van der Waals surface area (Å²) < 4.78 is 14.1. The Labute approximate surface area is 400 Å². The van der Waals surface area contributed by atoms with E-state index >= 15 is 0 Å². The maximum absolute atomic E-state index is 14.7. The average Bonchev–Trinajstić information content (AvgIpc) is 3.93. The topological polar surface area (TPSA) is 159 Å². The lowest BCUT2D eigenvalue weighted by Crippen LogP contribution is -2.62. The van der Waals surface area contributed by atoms with E-state index < -0.39 is 47.2 Å². The predicted molar refractivity (Wildman–Crippen MR) is 261 cm³/mol. The van der Waals surface area contributed by atoms with Crippen LogP contribution in [0.2, 0.25) is 0 Å². The first kappa shape index (κ1) is 49.8. The second kappa shape index (κ2) is 21.5. The standard InChI is InChI=1S/C53H68N8O7/c1-10-60-45-21-20-37-29-40(45)41(48(60)39-17-12-23-54-44(39)32-67-9)30-53(4,5)33-68-52(66)42-18-13-25-61(56-42)51(65)43(28-35-15-11-16-36(37)27-35)55-49(63)47(34(2)3)58(8)50(64)38-22-26-59(31-38)46(62)19-14-24-57(6)7/h11-12,15-17,20-21,23,27,29,34,38,42-43,47,56H,10,13,18,22,24-26,28,30-33H2,1-9H3,(H,55,63)/t38-,42-,43-,47?/m0/s1. The van der Waals surface area contributed by atoms with E-state index in [1.165, 1.54) is 9.91 Å². The summed E-state index contributed by atoms with van der Waals surface area (Å²) in [6.07, 6.45) is 3.99. The van der Waals surface area contributed by atoms with Crippen molar-refractivity contribution in [2.24, 2.45) is 17.3 Å². The number of hydrazine groups is 1. The maximum atomic E-state index is 14.7. The van der Waals surface area contributed by atoms with Crippen LogP contribution in [0.3, 0.4) is 0 Å². The minimum absolute atomic E-state index is 0.136. The second-order valence-corrected chi connectivity index (χ2v) is 19.9. The highest BCUT2D eigenvalue weighted by molar-refractivity contribution is 5.97. The van der Waals surface area contributed by atoms with Gasteiger partial charge in [-0.05, 0) is 105 Å². The highest BCUT2D eigenvalue weighted by Gasteiger charge is 2.40. The Morgan fingerprint density at radius 1 is 1.03 bits per heavy atom. The van der Waals surface area contributed by atoms with Crippen molar-refractivity contribution in [2.75, 3.05) is 61.0 Å². The van der Waals surface area contributed by atoms with Crippen LogP contribution >= 0.6 is 0 Å². The van der Waals surface area contributed by atoms with E-state index in [2.05, 4.69) is 84.3 Å². The minimum Gasteiger partial charge on any atom is -0.464 e. The highest BCUT2D eigenvalue weighted by Crippen LogP contribution is 2.41. The fourth-order valence-corrected chi connectivity index (χ4v) is 9.94. The van der Waals surface area contributed by atoms with Crippen molar-refractivity contribution < 1.29 is 33.4 Å². The average molecular weight is 929 g/mol. The number of nitrogens with one attached hydrogen (secondary N) is 2. The SMILES string of the molecule is CCn1c(-c2cccnc2COC)c2c3cc(ccc31)-c1cccc(c1)C[C@H](NC(=O)C(C(C)C)N(C)C(=O)[C@H]1CCN(C(=O)C#CCN(C)C)C1)C(=O)N1CCC[C@H](N1)C(=O)OCC(C)(C)C2. The van der Waals surface area contributed by atoms with Crippen LogP contribution in [0.25, 0.3) is 33.3 Å². The Hall–Kier alpha value is -6.08. The fraction of sp³-hybridized carbons (Fsp3) is 0.509. The van der Waals surface area contributed by atoms with Crippen molar-refractivity contribution in [3.05, 3.63) is 77.6 Å². The molecule has 0 spiro atoms. The molecule has 68 heavy (non-hydrogen) atoms. The Balaban J connectivity index is 1.24. The van der Waals surface area contributed by atoms with Crippen LogP contribution in [0, 0.1) is 29.1 Å². The Morgan fingerprint density at radius 2 is 1.81 bits per heavy atom. The number of benzene rings is 2. The van der Waals surface area contributed by atoms with Crippen LogP contribution in [-0.2, 0) is 59.4 Å². The smallest absolute Gasteiger partial charge is 0.324 e. The molecule has 362 valence electrons. The highest BCUT2D eigenvalue weighted by atomic mass is 16.5. The van der Waals surface area contributed by atoms with E-state index in [4.69, 9.17) is 14.5 Å². The minimum atomic E-state index is -1.06. The number of aryl methyl sites for hydroxylation is 1. The predicted octanol–water partition coefficient (Wildman–Crippen LogP) is 5.08. The van der Waals surface area contributed by atoms with Crippen LogP contribution in [-0.4, -0.2) is 138 Å².